The second-order valence-electron chi connectivity index (χ2n) is 3.97. The zero-order valence-electron chi connectivity index (χ0n) is 10.4. The van der Waals surface area contributed by atoms with Crippen molar-refractivity contribution in [3.05, 3.63) is 57.8 Å². The molecule has 0 unspecified atom stereocenters. The number of carboxylic acid groups (broad SMARTS) is 1. The molecule has 20 heavy (non-hydrogen) atoms. The average Bonchev–Trinajstić information content (AvgIpc) is 2.39. The minimum absolute atomic E-state index is 0.00925. The number of rotatable bonds is 4. The summed E-state index contributed by atoms with van der Waals surface area (Å²) in [5.41, 5.74) is 0.762. The quantitative estimate of drug-likeness (QED) is 0.686. The molecule has 0 bridgehead atoms. The van der Waals surface area contributed by atoms with E-state index < -0.39 is 10.9 Å². The first kappa shape index (κ1) is 14.0. The van der Waals surface area contributed by atoms with E-state index in [0.29, 0.717) is 15.5 Å². The molecule has 6 nitrogen and oxygen atoms in total. The number of aryl methyl sites for hydroxylation is 1. The number of nitro groups is 1. The van der Waals surface area contributed by atoms with Crippen LogP contribution >= 0.6 is 11.8 Å². The van der Waals surface area contributed by atoms with Crippen molar-refractivity contribution in [2.45, 2.75) is 16.8 Å². The molecule has 0 aliphatic heterocycles. The third kappa shape index (κ3) is 2.94. The van der Waals surface area contributed by atoms with Gasteiger partial charge in [0.2, 0.25) is 0 Å². The van der Waals surface area contributed by atoms with Crippen molar-refractivity contribution in [1.82, 2.24) is 4.98 Å². The third-order valence-corrected chi connectivity index (χ3v) is 3.61. The van der Waals surface area contributed by atoms with Crippen molar-refractivity contribution in [3.63, 3.8) is 0 Å². The number of hydrogen-bond acceptors (Lipinski definition) is 5. The minimum Gasteiger partial charge on any atom is -0.478 e. The predicted octanol–water partition coefficient (Wildman–Crippen LogP) is 3.15. The molecule has 102 valence electrons. The Labute approximate surface area is 118 Å². The van der Waals surface area contributed by atoms with Gasteiger partial charge in [-0.25, -0.2) is 9.78 Å². The van der Waals surface area contributed by atoms with Crippen LogP contribution in [0, 0.1) is 17.0 Å². The standard InChI is InChI=1S/C13H10N2O4S/c1-8-6-7-14-12(11(8)13(16)17)20-10-4-2-9(3-5-10)15(18)19/h2-7H,1H3,(H,16,17). The number of aromatic carboxylic acids is 1. The Kier molecular flexibility index (Phi) is 3.99. The number of nitro benzene ring substituents is 1. The topological polar surface area (TPSA) is 93.3 Å². The van der Waals surface area contributed by atoms with Crippen molar-refractivity contribution >= 4 is 23.4 Å². The molecule has 0 atom stereocenters. The molecule has 1 aromatic carbocycles. The van der Waals surface area contributed by atoms with Crippen LogP contribution in [0.2, 0.25) is 0 Å². The van der Waals surface area contributed by atoms with Crippen molar-refractivity contribution in [2.24, 2.45) is 0 Å². The van der Waals surface area contributed by atoms with E-state index in [2.05, 4.69) is 4.98 Å². The van der Waals surface area contributed by atoms with E-state index in [9.17, 15) is 20.0 Å². The Morgan fingerprint density at radius 3 is 2.50 bits per heavy atom. The third-order valence-electron chi connectivity index (χ3n) is 2.60. The normalized spacial score (nSPS) is 10.2. The van der Waals surface area contributed by atoms with Gasteiger partial charge in [-0.15, -0.1) is 0 Å². The SMILES string of the molecule is Cc1ccnc(Sc2ccc([N+](=O)[O-])cc2)c1C(=O)O. The molecule has 0 fully saturated rings. The number of carbonyl (C=O) groups is 1. The highest BCUT2D eigenvalue weighted by Crippen LogP contribution is 2.31. The number of hydrogen-bond donors (Lipinski definition) is 1. The van der Waals surface area contributed by atoms with Gasteiger partial charge in [-0.1, -0.05) is 11.8 Å². The maximum atomic E-state index is 11.2. The molecule has 2 aromatic rings. The Hall–Kier alpha value is -2.41. The molecule has 1 N–H and O–H groups in total. The Bertz CT molecular complexity index is 671. The van der Waals surface area contributed by atoms with Gasteiger partial charge < -0.3 is 5.11 Å². The first-order chi connectivity index (χ1) is 9.49. The van der Waals surface area contributed by atoms with E-state index in [-0.39, 0.29) is 11.3 Å². The Morgan fingerprint density at radius 1 is 1.30 bits per heavy atom. The highest BCUT2D eigenvalue weighted by molar-refractivity contribution is 7.99. The number of pyridine rings is 1. The van der Waals surface area contributed by atoms with Gasteiger partial charge in [-0.3, -0.25) is 10.1 Å². The number of nitrogens with zero attached hydrogens (tertiary/aromatic N) is 2. The van der Waals surface area contributed by atoms with Crippen LogP contribution in [0.25, 0.3) is 0 Å². The molecule has 0 spiro atoms. The van der Waals surface area contributed by atoms with Gasteiger partial charge in [0.25, 0.3) is 5.69 Å². The lowest BCUT2D eigenvalue weighted by atomic mass is 10.2. The molecule has 0 saturated carbocycles. The van der Waals surface area contributed by atoms with Crippen LogP contribution in [-0.4, -0.2) is 21.0 Å². The van der Waals surface area contributed by atoms with Crippen molar-refractivity contribution in [1.29, 1.82) is 0 Å². The zero-order chi connectivity index (χ0) is 14.7. The van der Waals surface area contributed by atoms with Crippen molar-refractivity contribution in [2.75, 3.05) is 0 Å². The Balaban J connectivity index is 2.33. The molecule has 1 aromatic heterocycles. The maximum Gasteiger partial charge on any atom is 0.338 e. The summed E-state index contributed by atoms with van der Waals surface area (Å²) in [6.07, 6.45) is 1.54. The lowest BCUT2D eigenvalue weighted by molar-refractivity contribution is -0.384. The number of benzene rings is 1. The maximum absolute atomic E-state index is 11.2. The van der Waals surface area contributed by atoms with Gasteiger partial charge in [0.05, 0.1) is 10.5 Å². The first-order valence-corrected chi connectivity index (χ1v) is 6.42. The summed E-state index contributed by atoms with van der Waals surface area (Å²) in [6, 6.07) is 7.51. The summed E-state index contributed by atoms with van der Waals surface area (Å²) in [6.45, 7) is 1.70. The molecule has 0 radical (unpaired) electrons. The van der Waals surface area contributed by atoms with E-state index in [1.807, 2.05) is 0 Å². The van der Waals surface area contributed by atoms with Gasteiger partial charge in [0, 0.05) is 23.2 Å². The zero-order valence-corrected chi connectivity index (χ0v) is 11.3. The number of non-ortho nitro benzene ring substituents is 1. The lowest BCUT2D eigenvalue weighted by Crippen LogP contribution is -2.03. The largest absolute Gasteiger partial charge is 0.478 e. The average molecular weight is 290 g/mol. The molecule has 0 aliphatic carbocycles. The molecule has 1 heterocycles. The van der Waals surface area contributed by atoms with Crippen LogP contribution in [0.4, 0.5) is 5.69 Å². The van der Waals surface area contributed by atoms with Crippen LogP contribution in [0.15, 0.2) is 46.5 Å². The van der Waals surface area contributed by atoms with Crippen LogP contribution in [0.1, 0.15) is 15.9 Å². The van der Waals surface area contributed by atoms with E-state index in [4.69, 9.17) is 0 Å². The minimum atomic E-state index is -1.04. The van der Waals surface area contributed by atoms with Crippen molar-refractivity contribution in [3.8, 4) is 0 Å². The monoisotopic (exact) mass is 290 g/mol. The van der Waals surface area contributed by atoms with Crippen LogP contribution in [0.3, 0.4) is 0 Å². The van der Waals surface area contributed by atoms with Crippen molar-refractivity contribution < 1.29 is 14.8 Å². The van der Waals surface area contributed by atoms with E-state index in [1.165, 1.54) is 18.3 Å². The van der Waals surface area contributed by atoms with Gasteiger partial charge >= 0.3 is 5.97 Å². The first-order valence-electron chi connectivity index (χ1n) is 5.60. The van der Waals surface area contributed by atoms with E-state index in [0.717, 1.165) is 11.8 Å². The molecule has 7 heteroatoms. The summed E-state index contributed by atoms with van der Waals surface area (Å²) in [5.74, 6) is -1.04. The van der Waals surface area contributed by atoms with Crippen LogP contribution in [-0.2, 0) is 0 Å². The van der Waals surface area contributed by atoms with Gasteiger partial charge in [-0.2, -0.15) is 0 Å². The molecular formula is C13H10N2O4S. The fraction of sp³-hybridized carbons (Fsp3) is 0.0769. The highest BCUT2D eigenvalue weighted by Gasteiger charge is 2.15. The summed E-state index contributed by atoms with van der Waals surface area (Å²) in [5, 5.41) is 20.1. The highest BCUT2D eigenvalue weighted by atomic mass is 32.2. The fourth-order valence-electron chi connectivity index (χ4n) is 1.62. The van der Waals surface area contributed by atoms with E-state index >= 15 is 0 Å². The Morgan fingerprint density at radius 2 is 1.95 bits per heavy atom. The van der Waals surface area contributed by atoms with Crippen LogP contribution < -0.4 is 0 Å². The predicted molar refractivity (Wildman–Crippen MR) is 73.2 cm³/mol. The molecule has 0 amide bonds. The van der Waals surface area contributed by atoms with Crippen LogP contribution in [0.5, 0.6) is 0 Å². The smallest absolute Gasteiger partial charge is 0.338 e. The summed E-state index contributed by atoms with van der Waals surface area (Å²) in [4.78, 5) is 26.1. The summed E-state index contributed by atoms with van der Waals surface area (Å²) >= 11 is 1.16. The van der Waals surface area contributed by atoms with Gasteiger partial charge in [0.1, 0.15) is 5.03 Å². The number of carboxylic acids is 1. The van der Waals surface area contributed by atoms with Gasteiger partial charge in [0.15, 0.2) is 0 Å². The second-order valence-corrected chi connectivity index (χ2v) is 5.03. The summed E-state index contributed by atoms with van der Waals surface area (Å²) < 4.78 is 0. The fourth-order valence-corrected chi connectivity index (χ4v) is 2.58. The summed E-state index contributed by atoms with van der Waals surface area (Å²) in [7, 11) is 0. The second kappa shape index (κ2) is 5.70. The van der Waals surface area contributed by atoms with E-state index in [1.54, 1.807) is 25.1 Å². The molecule has 2 rings (SSSR count). The molecular weight excluding hydrogens is 280 g/mol. The molecule has 0 aliphatic rings. The molecule has 0 saturated heterocycles. The number of aromatic nitrogens is 1. The van der Waals surface area contributed by atoms with Gasteiger partial charge in [-0.05, 0) is 30.7 Å². The lowest BCUT2D eigenvalue weighted by Gasteiger charge is -2.07.